The molecule has 0 unspecified atom stereocenters. The quantitative estimate of drug-likeness (QED) is 0.774. The molecule has 5 nitrogen and oxygen atoms in total. The third kappa shape index (κ3) is 2.94. The highest BCUT2D eigenvalue weighted by Crippen LogP contribution is 2.33. The van der Waals surface area contributed by atoms with Gasteiger partial charge in [0.05, 0.1) is 5.57 Å². The van der Waals surface area contributed by atoms with Gasteiger partial charge in [0.2, 0.25) is 0 Å². The van der Waals surface area contributed by atoms with Gasteiger partial charge in [0, 0.05) is 21.7 Å². The summed E-state index contributed by atoms with van der Waals surface area (Å²) in [6.45, 7) is 1.91. The van der Waals surface area contributed by atoms with E-state index in [0.717, 1.165) is 10.5 Å². The molecule has 2 aliphatic rings. The van der Waals surface area contributed by atoms with Gasteiger partial charge in [-0.3, -0.25) is 15.1 Å². The van der Waals surface area contributed by atoms with Crippen molar-refractivity contribution in [2.45, 2.75) is 6.92 Å². The van der Waals surface area contributed by atoms with Crippen LogP contribution in [0.25, 0.3) is 17.4 Å². The first-order chi connectivity index (χ1) is 12.0. The minimum Gasteiger partial charge on any atom is -0.457 e. The molecule has 1 aromatic heterocycles. The van der Waals surface area contributed by atoms with Crippen LogP contribution in [0.3, 0.4) is 0 Å². The number of benzene rings is 1. The van der Waals surface area contributed by atoms with Gasteiger partial charge in [-0.1, -0.05) is 23.4 Å². The molecule has 3 heterocycles. The molecule has 0 radical (unpaired) electrons. The van der Waals surface area contributed by atoms with Crippen LogP contribution in [0.1, 0.15) is 12.7 Å². The molecular formula is C18H12ClN3O2S. The highest BCUT2D eigenvalue weighted by molar-refractivity contribution is 8.17. The molecule has 0 aliphatic carbocycles. The molecule has 124 valence electrons. The van der Waals surface area contributed by atoms with E-state index >= 15 is 0 Å². The lowest BCUT2D eigenvalue weighted by atomic mass is 10.1. The Morgan fingerprint density at radius 3 is 2.76 bits per heavy atom. The van der Waals surface area contributed by atoms with Gasteiger partial charge in [0.25, 0.3) is 5.91 Å². The van der Waals surface area contributed by atoms with Gasteiger partial charge in [-0.25, -0.2) is 0 Å². The molecule has 1 amide bonds. The lowest BCUT2D eigenvalue weighted by Crippen LogP contribution is -2.35. The van der Waals surface area contributed by atoms with Gasteiger partial charge >= 0.3 is 0 Å². The van der Waals surface area contributed by atoms with Crippen LogP contribution in [0.4, 0.5) is 0 Å². The molecule has 2 aliphatic heterocycles. The van der Waals surface area contributed by atoms with E-state index in [0.29, 0.717) is 21.7 Å². The maximum atomic E-state index is 12.3. The summed E-state index contributed by atoms with van der Waals surface area (Å²) in [5, 5.41) is 9.45. The summed E-state index contributed by atoms with van der Waals surface area (Å²) < 4.78 is 5.79. The second-order valence-corrected chi connectivity index (χ2v) is 7.18. The maximum absolute atomic E-state index is 12.3. The van der Waals surface area contributed by atoms with E-state index in [1.165, 1.54) is 11.8 Å². The van der Waals surface area contributed by atoms with Crippen molar-refractivity contribution < 1.29 is 9.21 Å². The van der Waals surface area contributed by atoms with Gasteiger partial charge in [0.15, 0.2) is 5.17 Å². The number of furan rings is 1. The Labute approximate surface area is 153 Å². The number of carbonyl (C=O) groups excluding carboxylic acids is 1. The van der Waals surface area contributed by atoms with Crippen LogP contribution in [-0.4, -0.2) is 21.8 Å². The molecule has 1 N–H and O–H groups in total. The minimum absolute atomic E-state index is 0.101. The Hall–Kier alpha value is -2.57. The van der Waals surface area contributed by atoms with Crippen LogP contribution in [-0.2, 0) is 4.79 Å². The lowest BCUT2D eigenvalue weighted by Gasteiger charge is -2.21. The zero-order chi connectivity index (χ0) is 17.6. The second-order valence-electron chi connectivity index (χ2n) is 5.53. The smallest absolute Gasteiger partial charge is 0.283 e. The van der Waals surface area contributed by atoms with Crippen molar-refractivity contribution in [2.75, 3.05) is 0 Å². The fraction of sp³-hybridized carbons (Fsp3) is 0.0556. The fourth-order valence-electron chi connectivity index (χ4n) is 2.54. The number of aliphatic imine (C=N–C) groups is 1. The van der Waals surface area contributed by atoms with Crippen LogP contribution in [0.15, 0.2) is 62.5 Å². The second kappa shape index (κ2) is 6.06. The molecule has 0 fully saturated rings. The number of rotatable bonds is 2. The van der Waals surface area contributed by atoms with E-state index in [4.69, 9.17) is 21.4 Å². The molecule has 1 aromatic carbocycles. The van der Waals surface area contributed by atoms with Crippen molar-refractivity contribution in [1.29, 1.82) is 5.41 Å². The van der Waals surface area contributed by atoms with Gasteiger partial charge < -0.3 is 4.42 Å². The summed E-state index contributed by atoms with van der Waals surface area (Å²) in [4.78, 5) is 18.9. The Kier molecular flexibility index (Phi) is 3.86. The molecule has 0 spiro atoms. The van der Waals surface area contributed by atoms with Crippen molar-refractivity contribution in [3.05, 3.63) is 63.9 Å². The number of allylic oxidation sites excluding steroid dienone is 1. The molecule has 25 heavy (non-hydrogen) atoms. The van der Waals surface area contributed by atoms with E-state index in [1.807, 2.05) is 25.1 Å². The van der Waals surface area contributed by atoms with Gasteiger partial charge in [-0.05, 0) is 49.4 Å². The Balaban J connectivity index is 1.66. The Bertz CT molecular complexity index is 986. The zero-order valence-electron chi connectivity index (χ0n) is 13.1. The highest BCUT2D eigenvalue weighted by Gasteiger charge is 2.33. The van der Waals surface area contributed by atoms with E-state index in [9.17, 15) is 4.79 Å². The average molecular weight is 370 g/mol. The number of thioether (sulfide) groups is 1. The third-order valence-corrected chi connectivity index (χ3v) is 4.88. The normalized spacial score (nSPS) is 18.5. The summed E-state index contributed by atoms with van der Waals surface area (Å²) in [5.41, 5.74) is 1.08. The number of fused-ring (bicyclic) bond motifs is 1. The standard InChI is InChI=1S/C18H12ClN3O2S/c1-10-9-22-16(20)14(17(23)21-18(22)25-10)8-13-6-7-15(24-13)11-2-4-12(19)5-3-11/h2-9,20H,1H3/b14-8+,20-16?. The zero-order valence-corrected chi connectivity index (χ0v) is 14.7. The van der Waals surface area contributed by atoms with E-state index in [-0.39, 0.29) is 11.4 Å². The number of hydrogen-bond acceptors (Lipinski definition) is 4. The number of amidine groups is 2. The average Bonchev–Trinajstić information content (AvgIpc) is 3.18. The van der Waals surface area contributed by atoms with E-state index in [1.54, 1.807) is 35.4 Å². The van der Waals surface area contributed by atoms with Crippen LogP contribution in [0, 0.1) is 5.41 Å². The van der Waals surface area contributed by atoms with Crippen LogP contribution in [0.2, 0.25) is 5.02 Å². The van der Waals surface area contributed by atoms with E-state index in [2.05, 4.69) is 4.99 Å². The molecule has 0 saturated carbocycles. The Morgan fingerprint density at radius 2 is 2.00 bits per heavy atom. The van der Waals surface area contributed by atoms with Crippen molar-refractivity contribution in [3.8, 4) is 11.3 Å². The monoisotopic (exact) mass is 369 g/mol. The fourth-order valence-corrected chi connectivity index (χ4v) is 3.49. The first-order valence-electron chi connectivity index (χ1n) is 7.46. The third-order valence-electron chi connectivity index (χ3n) is 3.73. The first-order valence-corrected chi connectivity index (χ1v) is 8.65. The van der Waals surface area contributed by atoms with Crippen molar-refractivity contribution in [1.82, 2.24) is 4.90 Å². The molecule has 0 saturated heterocycles. The van der Waals surface area contributed by atoms with Crippen molar-refractivity contribution in [3.63, 3.8) is 0 Å². The highest BCUT2D eigenvalue weighted by atomic mass is 35.5. The van der Waals surface area contributed by atoms with Crippen LogP contribution >= 0.6 is 23.4 Å². The van der Waals surface area contributed by atoms with Gasteiger partial charge in [-0.2, -0.15) is 4.99 Å². The summed E-state index contributed by atoms with van der Waals surface area (Å²) in [5.74, 6) is 0.819. The van der Waals surface area contributed by atoms with Crippen LogP contribution in [0.5, 0.6) is 0 Å². The Morgan fingerprint density at radius 1 is 1.24 bits per heavy atom. The number of nitrogens with zero attached hydrogens (tertiary/aromatic N) is 2. The molecule has 4 rings (SSSR count). The summed E-state index contributed by atoms with van der Waals surface area (Å²) in [6.07, 6.45) is 3.35. The topological polar surface area (TPSA) is 69.7 Å². The largest absolute Gasteiger partial charge is 0.457 e. The molecular weight excluding hydrogens is 358 g/mol. The van der Waals surface area contributed by atoms with Crippen LogP contribution < -0.4 is 0 Å². The van der Waals surface area contributed by atoms with Gasteiger partial charge in [0.1, 0.15) is 17.4 Å². The number of amides is 1. The number of carbonyl (C=O) groups is 1. The van der Waals surface area contributed by atoms with Gasteiger partial charge in [-0.15, -0.1) is 0 Å². The number of halogens is 1. The number of hydrogen-bond donors (Lipinski definition) is 1. The predicted molar refractivity (Wildman–Crippen MR) is 100 cm³/mol. The summed E-state index contributed by atoms with van der Waals surface area (Å²) in [6, 6.07) is 10.9. The number of nitrogens with one attached hydrogen (secondary N) is 1. The molecule has 2 aromatic rings. The predicted octanol–water partition coefficient (Wildman–Crippen LogP) is 4.77. The van der Waals surface area contributed by atoms with E-state index < -0.39 is 5.91 Å². The molecule has 0 atom stereocenters. The SMILES string of the molecule is CC1=CN2C(=N)/C(=C\c3ccc(-c4ccc(Cl)cc4)o3)C(=O)N=C2S1. The molecule has 7 heteroatoms. The lowest BCUT2D eigenvalue weighted by molar-refractivity contribution is -0.114. The maximum Gasteiger partial charge on any atom is 0.283 e. The first kappa shape index (κ1) is 15.9. The van der Waals surface area contributed by atoms with Crippen molar-refractivity contribution in [2.24, 2.45) is 4.99 Å². The summed E-state index contributed by atoms with van der Waals surface area (Å²) >= 11 is 7.28. The summed E-state index contributed by atoms with van der Waals surface area (Å²) in [7, 11) is 0. The molecule has 0 bridgehead atoms. The van der Waals surface area contributed by atoms with Crippen molar-refractivity contribution >= 4 is 46.3 Å². The minimum atomic E-state index is -0.434.